The van der Waals surface area contributed by atoms with Crippen molar-refractivity contribution in [2.75, 3.05) is 26.4 Å². The van der Waals surface area contributed by atoms with Gasteiger partial charge >= 0.3 is 5.97 Å². The number of rotatable bonds is 32. The Hall–Kier alpha value is -2.63. The maximum absolute atomic E-state index is 12.7. The Labute approximate surface area is 320 Å². The Kier molecular flexibility index (Phi) is 32.0. The Morgan fingerprint density at radius 2 is 1.15 bits per heavy atom. The lowest BCUT2D eigenvalue weighted by Gasteiger charge is -2.39. The van der Waals surface area contributed by atoms with E-state index >= 15 is 0 Å². The minimum absolute atomic E-state index is 0.0793. The average molecular weight is 745 g/mol. The number of unbranched alkanes of at least 4 members (excludes halogenated alkanes) is 7. The summed E-state index contributed by atoms with van der Waals surface area (Å²) in [6, 6.07) is 0. The van der Waals surface area contributed by atoms with E-state index in [1.807, 2.05) is 6.08 Å². The van der Waals surface area contributed by atoms with Gasteiger partial charge in [-0.05, 0) is 70.6 Å². The summed E-state index contributed by atoms with van der Waals surface area (Å²) >= 11 is 0. The summed E-state index contributed by atoms with van der Waals surface area (Å²) in [6.07, 6.45) is 39.1. The van der Waals surface area contributed by atoms with E-state index in [1.165, 1.54) is 12.8 Å². The lowest BCUT2D eigenvalue weighted by molar-refractivity contribution is -0.305. The molecule has 0 aromatic rings. The quantitative estimate of drug-likeness (QED) is 0.0305. The molecule has 9 nitrogen and oxygen atoms in total. The molecule has 0 radical (unpaired) electrons. The molecule has 0 aromatic heterocycles. The zero-order valence-electron chi connectivity index (χ0n) is 32.7. The van der Waals surface area contributed by atoms with Gasteiger partial charge in [-0.15, -0.1) is 0 Å². The summed E-state index contributed by atoms with van der Waals surface area (Å²) in [7, 11) is 0. The predicted octanol–water partition coefficient (Wildman–Crippen LogP) is 8.30. The molecule has 1 rings (SSSR count). The van der Waals surface area contributed by atoms with E-state index < -0.39 is 43.4 Å². The first kappa shape index (κ1) is 48.4. The predicted molar refractivity (Wildman–Crippen MR) is 214 cm³/mol. The first-order valence-electron chi connectivity index (χ1n) is 20.2. The molecule has 0 aromatic carbocycles. The fourth-order valence-corrected chi connectivity index (χ4v) is 5.39. The van der Waals surface area contributed by atoms with E-state index in [0.717, 1.165) is 83.5 Å². The Bertz CT molecular complexity index is 1070. The van der Waals surface area contributed by atoms with Crippen LogP contribution in [0, 0.1) is 0 Å². The molecule has 53 heavy (non-hydrogen) atoms. The minimum Gasteiger partial charge on any atom is -0.457 e. The largest absolute Gasteiger partial charge is 0.457 e. The zero-order valence-corrected chi connectivity index (χ0v) is 32.7. The van der Waals surface area contributed by atoms with E-state index in [2.05, 4.69) is 92.8 Å². The summed E-state index contributed by atoms with van der Waals surface area (Å²) in [5.41, 5.74) is 0. The summed E-state index contributed by atoms with van der Waals surface area (Å²) in [5.74, 6) is -0.358. The second kappa shape index (κ2) is 35.1. The maximum Gasteiger partial charge on any atom is 0.306 e. The fraction of sp³-hybridized carbons (Fsp3) is 0.659. The third-order valence-corrected chi connectivity index (χ3v) is 8.56. The fourth-order valence-electron chi connectivity index (χ4n) is 5.39. The standard InChI is InChI=1S/C44H72O9/c1-3-5-7-9-11-13-15-17-19-20-22-24-26-28-30-32-34-50-36-38(37-51-44-43(49)42(48)41(47)39(35-45)53-44)52-40(46)33-31-29-27-25-23-21-18-16-14-12-10-8-6-4-2/h5,7,10-13,16-19,22,24,28,30,38-39,41-45,47-49H,3-4,6,8-9,14-15,20-21,23,25-27,29,31-37H2,1-2H3/b7-5-,12-10-,13-11-,18-16-,19-17-,24-22-,30-28-. The zero-order chi connectivity index (χ0) is 38.6. The van der Waals surface area contributed by atoms with Crippen molar-refractivity contribution in [3.63, 3.8) is 0 Å². The van der Waals surface area contributed by atoms with E-state index in [4.69, 9.17) is 18.9 Å². The van der Waals surface area contributed by atoms with Crippen LogP contribution in [0.2, 0.25) is 0 Å². The van der Waals surface area contributed by atoms with Crippen molar-refractivity contribution in [2.24, 2.45) is 0 Å². The molecule has 1 heterocycles. The Morgan fingerprint density at radius 1 is 0.623 bits per heavy atom. The molecule has 6 unspecified atom stereocenters. The van der Waals surface area contributed by atoms with Crippen molar-refractivity contribution < 1.29 is 44.2 Å². The highest BCUT2D eigenvalue weighted by molar-refractivity contribution is 5.69. The van der Waals surface area contributed by atoms with E-state index in [1.54, 1.807) is 0 Å². The number of aliphatic hydroxyl groups is 4. The van der Waals surface area contributed by atoms with Crippen LogP contribution in [0.3, 0.4) is 0 Å². The van der Waals surface area contributed by atoms with Crippen LogP contribution < -0.4 is 0 Å². The van der Waals surface area contributed by atoms with Crippen molar-refractivity contribution in [1.82, 2.24) is 0 Å². The van der Waals surface area contributed by atoms with Gasteiger partial charge in [0.2, 0.25) is 0 Å². The number of esters is 1. The molecule has 1 saturated heterocycles. The normalized spacial score (nSPS) is 22.0. The number of allylic oxidation sites excluding steroid dienone is 13. The number of aliphatic hydroxyl groups excluding tert-OH is 4. The number of ether oxygens (including phenoxy) is 4. The van der Waals surface area contributed by atoms with Crippen LogP contribution in [0.5, 0.6) is 0 Å². The highest BCUT2D eigenvalue weighted by Gasteiger charge is 2.44. The summed E-state index contributed by atoms with van der Waals surface area (Å²) in [5, 5.41) is 40.0. The number of hydrogen-bond acceptors (Lipinski definition) is 9. The van der Waals surface area contributed by atoms with Gasteiger partial charge in [-0.25, -0.2) is 0 Å². The number of carbonyl (C=O) groups excluding carboxylic acids is 1. The molecule has 9 heteroatoms. The summed E-state index contributed by atoms with van der Waals surface area (Å²) < 4.78 is 22.6. The summed E-state index contributed by atoms with van der Waals surface area (Å²) in [6.45, 7) is 4.13. The highest BCUT2D eigenvalue weighted by atomic mass is 16.7. The molecule has 0 aliphatic carbocycles. The van der Waals surface area contributed by atoms with E-state index in [9.17, 15) is 25.2 Å². The van der Waals surface area contributed by atoms with Gasteiger partial charge in [-0.3, -0.25) is 4.79 Å². The maximum atomic E-state index is 12.7. The second-order valence-corrected chi connectivity index (χ2v) is 13.3. The van der Waals surface area contributed by atoms with Gasteiger partial charge in [-0.2, -0.15) is 0 Å². The minimum atomic E-state index is -1.56. The van der Waals surface area contributed by atoms with Crippen molar-refractivity contribution in [2.45, 2.75) is 160 Å². The van der Waals surface area contributed by atoms with Gasteiger partial charge in [0.15, 0.2) is 6.29 Å². The molecule has 0 amide bonds. The van der Waals surface area contributed by atoms with Crippen LogP contribution in [-0.2, 0) is 23.7 Å². The molecule has 0 bridgehead atoms. The van der Waals surface area contributed by atoms with Crippen LogP contribution in [0.15, 0.2) is 85.1 Å². The molecule has 0 saturated carbocycles. The van der Waals surface area contributed by atoms with E-state index in [0.29, 0.717) is 13.0 Å². The van der Waals surface area contributed by atoms with Gasteiger partial charge in [0.05, 0.1) is 26.4 Å². The van der Waals surface area contributed by atoms with Crippen molar-refractivity contribution in [3.8, 4) is 0 Å². The van der Waals surface area contributed by atoms with Crippen molar-refractivity contribution in [3.05, 3.63) is 85.1 Å². The highest BCUT2D eigenvalue weighted by Crippen LogP contribution is 2.22. The number of carbonyl (C=O) groups is 1. The van der Waals surface area contributed by atoms with Gasteiger partial charge < -0.3 is 39.4 Å². The smallest absolute Gasteiger partial charge is 0.306 e. The first-order valence-corrected chi connectivity index (χ1v) is 20.2. The molecule has 302 valence electrons. The third-order valence-electron chi connectivity index (χ3n) is 8.56. The van der Waals surface area contributed by atoms with Crippen LogP contribution in [0.4, 0.5) is 0 Å². The van der Waals surface area contributed by atoms with Crippen molar-refractivity contribution >= 4 is 5.97 Å². The van der Waals surface area contributed by atoms with Crippen LogP contribution in [0.25, 0.3) is 0 Å². The monoisotopic (exact) mass is 745 g/mol. The van der Waals surface area contributed by atoms with E-state index in [-0.39, 0.29) is 25.6 Å². The topological polar surface area (TPSA) is 135 Å². The Balaban J connectivity index is 2.40. The second-order valence-electron chi connectivity index (χ2n) is 13.3. The molecule has 6 atom stereocenters. The summed E-state index contributed by atoms with van der Waals surface area (Å²) in [4.78, 5) is 12.7. The lowest BCUT2D eigenvalue weighted by Crippen LogP contribution is -2.59. The molecule has 1 fully saturated rings. The van der Waals surface area contributed by atoms with Gasteiger partial charge in [0.1, 0.15) is 30.5 Å². The van der Waals surface area contributed by atoms with Crippen LogP contribution >= 0.6 is 0 Å². The molecular formula is C44H72O9. The Morgan fingerprint density at radius 3 is 1.74 bits per heavy atom. The lowest BCUT2D eigenvalue weighted by atomic mass is 9.99. The SMILES string of the molecule is CC/C=C\C/C=C\C/C=C\C/C=C\C/C=C\CCOCC(COC1OC(CO)C(O)C(O)C1O)OC(=O)CCCCCCC/C=C\C/C=C\CCCC. The molecular weight excluding hydrogens is 672 g/mol. The average Bonchev–Trinajstić information content (AvgIpc) is 3.16. The van der Waals surface area contributed by atoms with Gasteiger partial charge in [0, 0.05) is 6.42 Å². The molecule has 1 aliphatic heterocycles. The molecule has 1 aliphatic rings. The third kappa shape index (κ3) is 26.7. The molecule has 0 spiro atoms. The van der Waals surface area contributed by atoms with Crippen LogP contribution in [0.1, 0.15) is 123 Å². The first-order chi connectivity index (χ1) is 25.9. The number of hydrogen-bond donors (Lipinski definition) is 4. The van der Waals surface area contributed by atoms with Crippen molar-refractivity contribution in [1.29, 1.82) is 0 Å². The van der Waals surface area contributed by atoms with Gasteiger partial charge in [-0.1, -0.05) is 131 Å². The molecule has 4 N–H and O–H groups in total. The van der Waals surface area contributed by atoms with Gasteiger partial charge in [0.25, 0.3) is 0 Å². The van der Waals surface area contributed by atoms with Crippen LogP contribution in [-0.4, -0.2) is 89.6 Å².